The summed E-state index contributed by atoms with van der Waals surface area (Å²) in [6.45, 7) is 2.33. The molecule has 1 aliphatic heterocycles. The topological polar surface area (TPSA) is 97.5 Å². The van der Waals surface area contributed by atoms with E-state index < -0.39 is 16.7 Å². The summed E-state index contributed by atoms with van der Waals surface area (Å²) in [5.41, 5.74) is 3.94. The number of nitro groups is 1. The van der Waals surface area contributed by atoms with Gasteiger partial charge in [-0.25, -0.2) is 0 Å². The lowest BCUT2D eigenvalue weighted by atomic mass is 10.1. The monoisotopic (exact) mass is 496 g/mol. The van der Waals surface area contributed by atoms with E-state index in [0.717, 1.165) is 22.0 Å². The fourth-order valence-corrected chi connectivity index (χ4v) is 4.56. The molecule has 0 atom stereocenters. The highest BCUT2D eigenvalue weighted by Crippen LogP contribution is 2.28. The lowest BCUT2D eigenvalue weighted by Gasteiger charge is -2.29. The Bertz CT molecular complexity index is 1590. The van der Waals surface area contributed by atoms with Crippen molar-refractivity contribution < 1.29 is 14.5 Å². The highest BCUT2D eigenvalue weighted by atomic mass is 32.1. The summed E-state index contributed by atoms with van der Waals surface area (Å²) in [5, 5.41) is 14.5. The number of aryl methyl sites for hydroxylation is 1. The molecule has 0 radical (unpaired) electrons. The number of nitrogens with one attached hydrogen (secondary N) is 1. The molecule has 1 fully saturated rings. The van der Waals surface area contributed by atoms with Crippen molar-refractivity contribution in [2.24, 2.45) is 0 Å². The third-order valence-electron chi connectivity index (χ3n) is 6.08. The Balaban J connectivity index is 1.55. The summed E-state index contributed by atoms with van der Waals surface area (Å²) in [4.78, 5) is 38.2. The second-order valence-corrected chi connectivity index (χ2v) is 8.78. The molecule has 0 saturated carbocycles. The highest BCUT2D eigenvalue weighted by Gasteiger charge is 2.35. The number of para-hydroxylation sites is 2. The molecule has 2 amide bonds. The summed E-state index contributed by atoms with van der Waals surface area (Å²) < 4.78 is 1.98. The second kappa shape index (κ2) is 9.20. The van der Waals surface area contributed by atoms with Gasteiger partial charge in [0.05, 0.1) is 10.6 Å². The van der Waals surface area contributed by atoms with Gasteiger partial charge in [0, 0.05) is 41.3 Å². The Morgan fingerprint density at radius 3 is 2.42 bits per heavy atom. The van der Waals surface area contributed by atoms with E-state index in [4.69, 9.17) is 12.2 Å². The van der Waals surface area contributed by atoms with Crippen molar-refractivity contribution in [1.29, 1.82) is 0 Å². The SMILES string of the molecule is Cc1ccccc1N1C(=O)/C(=C/c2cn(Cc3ccc([N+](=O)[O-])cc3)c3ccccc23)C(=O)NC1=S. The average Bonchev–Trinajstić information content (AvgIpc) is 3.20. The van der Waals surface area contributed by atoms with Gasteiger partial charge in [-0.1, -0.05) is 48.5 Å². The Morgan fingerprint density at radius 1 is 1.00 bits per heavy atom. The van der Waals surface area contributed by atoms with Crippen LogP contribution in [-0.4, -0.2) is 26.4 Å². The standard InChI is InChI=1S/C27H20N4O4S/c1-17-6-2-4-8-23(17)30-26(33)22(25(32)28-27(30)36)14-19-16-29(24-9-5-3-7-21(19)24)15-18-10-12-20(13-11-18)31(34)35/h2-14,16H,15H2,1H3,(H,28,32,36)/b22-14+. The minimum Gasteiger partial charge on any atom is -0.342 e. The number of non-ortho nitro benzene ring substituents is 1. The van der Waals surface area contributed by atoms with Gasteiger partial charge in [-0.05, 0) is 48.5 Å². The van der Waals surface area contributed by atoms with Crippen molar-refractivity contribution in [2.45, 2.75) is 13.5 Å². The maximum Gasteiger partial charge on any atom is 0.270 e. The number of amides is 2. The molecule has 36 heavy (non-hydrogen) atoms. The Morgan fingerprint density at radius 2 is 1.69 bits per heavy atom. The number of nitro benzene ring substituents is 1. The molecule has 1 N–H and O–H groups in total. The van der Waals surface area contributed by atoms with Crippen LogP contribution in [0.2, 0.25) is 0 Å². The number of anilines is 1. The van der Waals surface area contributed by atoms with E-state index >= 15 is 0 Å². The van der Waals surface area contributed by atoms with Crippen LogP contribution in [0.3, 0.4) is 0 Å². The molecule has 4 aromatic rings. The molecule has 1 saturated heterocycles. The molecular formula is C27H20N4O4S. The van der Waals surface area contributed by atoms with Gasteiger partial charge in [-0.15, -0.1) is 0 Å². The summed E-state index contributed by atoms with van der Waals surface area (Å²) in [6.07, 6.45) is 3.45. The van der Waals surface area contributed by atoms with Crippen LogP contribution in [-0.2, 0) is 16.1 Å². The first kappa shape index (κ1) is 23.1. The van der Waals surface area contributed by atoms with Crippen LogP contribution in [0.15, 0.2) is 84.6 Å². The van der Waals surface area contributed by atoms with Gasteiger partial charge in [0.1, 0.15) is 5.57 Å². The predicted molar refractivity (Wildman–Crippen MR) is 142 cm³/mol. The largest absolute Gasteiger partial charge is 0.342 e. The zero-order chi connectivity index (χ0) is 25.4. The first-order chi connectivity index (χ1) is 17.3. The summed E-state index contributed by atoms with van der Waals surface area (Å²) in [6, 6.07) is 21.4. The van der Waals surface area contributed by atoms with Gasteiger partial charge in [-0.3, -0.25) is 29.9 Å². The minimum absolute atomic E-state index is 0.0231. The first-order valence-electron chi connectivity index (χ1n) is 11.1. The maximum atomic E-state index is 13.5. The Kier molecular flexibility index (Phi) is 5.91. The number of benzene rings is 3. The van der Waals surface area contributed by atoms with Crippen molar-refractivity contribution in [3.05, 3.63) is 111 Å². The molecule has 0 bridgehead atoms. The van der Waals surface area contributed by atoms with Gasteiger partial charge < -0.3 is 4.57 Å². The summed E-state index contributed by atoms with van der Waals surface area (Å²) in [7, 11) is 0. The van der Waals surface area contributed by atoms with Gasteiger partial charge in [0.2, 0.25) is 0 Å². The number of rotatable bonds is 5. The first-order valence-corrected chi connectivity index (χ1v) is 11.5. The van der Waals surface area contributed by atoms with E-state index in [1.807, 2.05) is 60.2 Å². The quantitative estimate of drug-likeness (QED) is 0.142. The average molecular weight is 497 g/mol. The summed E-state index contributed by atoms with van der Waals surface area (Å²) in [5.74, 6) is -1.05. The molecule has 178 valence electrons. The van der Waals surface area contributed by atoms with Gasteiger partial charge in [0.25, 0.3) is 17.5 Å². The number of fused-ring (bicyclic) bond motifs is 1. The van der Waals surface area contributed by atoms with E-state index in [1.165, 1.54) is 17.0 Å². The smallest absolute Gasteiger partial charge is 0.270 e. The van der Waals surface area contributed by atoms with E-state index in [2.05, 4.69) is 5.32 Å². The number of aromatic nitrogens is 1. The highest BCUT2D eigenvalue weighted by molar-refractivity contribution is 7.80. The van der Waals surface area contributed by atoms with E-state index in [-0.39, 0.29) is 16.4 Å². The zero-order valence-electron chi connectivity index (χ0n) is 19.2. The van der Waals surface area contributed by atoms with Crippen LogP contribution in [0, 0.1) is 17.0 Å². The summed E-state index contributed by atoms with van der Waals surface area (Å²) >= 11 is 5.32. The predicted octanol–water partition coefficient (Wildman–Crippen LogP) is 4.74. The molecule has 1 aromatic heterocycles. The van der Waals surface area contributed by atoms with Gasteiger partial charge in [0.15, 0.2) is 5.11 Å². The lowest BCUT2D eigenvalue weighted by Crippen LogP contribution is -2.54. The zero-order valence-corrected chi connectivity index (χ0v) is 20.0. The molecule has 3 aromatic carbocycles. The van der Waals surface area contributed by atoms with Crippen molar-refractivity contribution >= 4 is 57.5 Å². The fourth-order valence-electron chi connectivity index (χ4n) is 4.29. The van der Waals surface area contributed by atoms with Gasteiger partial charge >= 0.3 is 0 Å². The molecule has 1 aliphatic rings. The van der Waals surface area contributed by atoms with Crippen molar-refractivity contribution in [3.8, 4) is 0 Å². The molecule has 0 spiro atoms. The number of carbonyl (C=O) groups excluding carboxylic acids is 2. The third kappa shape index (κ3) is 4.16. The number of hydrogen-bond donors (Lipinski definition) is 1. The lowest BCUT2D eigenvalue weighted by molar-refractivity contribution is -0.384. The third-order valence-corrected chi connectivity index (χ3v) is 6.36. The van der Waals surface area contributed by atoms with Crippen LogP contribution < -0.4 is 10.2 Å². The molecule has 5 rings (SSSR count). The molecule has 8 nitrogen and oxygen atoms in total. The molecule has 0 unspecified atom stereocenters. The van der Waals surface area contributed by atoms with Crippen LogP contribution in [0.4, 0.5) is 11.4 Å². The van der Waals surface area contributed by atoms with Crippen molar-refractivity contribution in [3.63, 3.8) is 0 Å². The van der Waals surface area contributed by atoms with E-state index in [0.29, 0.717) is 17.8 Å². The normalized spacial score (nSPS) is 15.0. The van der Waals surface area contributed by atoms with Crippen LogP contribution in [0.25, 0.3) is 17.0 Å². The van der Waals surface area contributed by atoms with Crippen LogP contribution in [0.1, 0.15) is 16.7 Å². The Hall–Kier alpha value is -4.63. The second-order valence-electron chi connectivity index (χ2n) is 8.40. The van der Waals surface area contributed by atoms with E-state index in [9.17, 15) is 19.7 Å². The molecule has 0 aliphatic carbocycles. The number of carbonyl (C=O) groups is 2. The molecule has 9 heteroatoms. The van der Waals surface area contributed by atoms with E-state index in [1.54, 1.807) is 24.3 Å². The molecular weight excluding hydrogens is 476 g/mol. The Labute approximate surface area is 211 Å². The number of hydrogen-bond acceptors (Lipinski definition) is 5. The van der Waals surface area contributed by atoms with Crippen LogP contribution in [0.5, 0.6) is 0 Å². The van der Waals surface area contributed by atoms with Crippen molar-refractivity contribution in [1.82, 2.24) is 9.88 Å². The maximum absolute atomic E-state index is 13.5. The minimum atomic E-state index is -0.554. The van der Waals surface area contributed by atoms with Crippen LogP contribution >= 0.6 is 12.2 Å². The number of thiocarbonyl (C=S) groups is 1. The van der Waals surface area contributed by atoms with Crippen molar-refractivity contribution in [2.75, 3.05) is 4.90 Å². The number of nitrogens with zero attached hydrogens (tertiary/aromatic N) is 3. The van der Waals surface area contributed by atoms with Gasteiger partial charge in [-0.2, -0.15) is 0 Å². The fraction of sp³-hybridized carbons (Fsp3) is 0.0741. The molecule has 2 heterocycles.